The third kappa shape index (κ3) is 2.95. The predicted molar refractivity (Wildman–Crippen MR) is 76.4 cm³/mol. The van der Waals surface area contributed by atoms with E-state index in [2.05, 4.69) is 5.32 Å². The van der Waals surface area contributed by atoms with Gasteiger partial charge in [-0.3, -0.25) is 14.6 Å². The molecule has 2 N–H and O–H groups in total. The first-order valence-corrected chi connectivity index (χ1v) is 7.30. The summed E-state index contributed by atoms with van der Waals surface area (Å²) >= 11 is 0. The smallest absolute Gasteiger partial charge is 0.324 e. The largest absolute Gasteiger partial charge is 0.392 e. The molecule has 22 heavy (non-hydrogen) atoms. The van der Waals surface area contributed by atoms with Crippen molar-refractivity contribution in [3.63, 3.8) is 0 Å². The first kappa shape index (κ1) is 14.9. The number of aliphatic hydroxyl groups is 1. The number of nitrogens with zero attached hydrogens (tertiary/aromatic N) is 2. The van der Waals surface area contributed by atoms with Crippen LogP contribution in [0.25, 0.3) is 0 Å². The van der Waals surface area contributed by atoms with Crippen molar-refractivity contribution in [1.29, 1.82) is 0 Å². The van der Waals surface area contributed by atoms with Gasteiger partial charge >= 0.3 is 6.03 Å². The molecule has 2 aliphatic rings. The van der Waals surface area contributed by atoms with Gasteiger partial charge in [-0.25, -0.2) is 9.18 Å². The molecule has 2 fully saturated rings. The van der Waals surface area contributed by atoms with E-state index < -0.39 is 6.10 Å². The number of amides is 3. The van der Waals surface area contributed by atoms with Gasteiger partial charge in [0, 0.05) is 25.7 Å². The van der Waals surface area contributed by atoms with E-state index in [1.807, 2.05) is 0 Å². The first-order chi connectivity index (χ1) is 10.5. The zero-order chi connectivity index (χ0) is 15.7. The monoisotopic (exact) mass is 307 g/mol. The van der Waals surface area contributed by atoms with E-state index in [1.165, 1.54) is 17.0 Å². The number of aliphatic hydroxyl groups excluding tert-OH is 1. The number of urea groups is 1. The quantitative estimate of drug-likeness (QED) is 0.852. The van der Waals surface area contributed by atoms with Crippen LogP contribution in [0.3, 0.4) is 0 Å². The number of halogens is 1. The molecule has 1 aromatic carbocycles. The molecular formula is C15H18FN3O3. The van der Waals surface area contributed by atoms with Gasteiger partial charge in [0.2, 0.25) is 5.91 Å². The second-order valence-electron chi connectivity index (χ2n) is 5.67. The lowest BCUT2D eigenvalue weighted by molar-refractivity contribution is -0.129. The van der Waals surface area contributed by atoms with E-state index in [0.29, 0.717) is 26.1 Å². The van der Waals surface area contributed by atoms with Gasteiger partial charge in [0.05, 0.1) is 12.6 Å². The van der Waals surface area contributed by atoms with Crippen LogP contribution in [0.4, 0.5) is 9.18 Å². The van der Waals surface area contributed by atoms with Crippen molar-refractivity contribution in [1.82, 2.24) is 15.1 Å². The summed E-state index contributed by atoms with van der Waals surface area (Å²) in [5, 5.41) is 12.5. The van der Waals surface area contributed by atoms with Gasteiger partial charge in [-0.1, -0.05) is 12.1 Å². The predicted octanol–water partition coefficient (Wildman–Crippen LogP) is 0.485. The van der Waals surface area contributed by atoms with Gasteiger partial charge in [0.15, 0.2) is 0 Å². The lowest BCUT2D eigenvalue weighted by atomic mass is 10.0. The van der Waals surface area contributed by atoms with Gasteiger partial charge in [-0.05, 0) is 24.1 Å². The van der Waals surface area contributed by atoms with Crippen molar-refractivity contribution in [3.05, 3.63) is 35.6 Å². The minimum Gasteiger partial charge on any atom is -0.392 e. The SMILES string of the molecule is O=C(CN1C[C@@H](O)C[C@H]1c1cccc(F)c1)N1CCNC1=O. The highest BCUT2D eigenvalue weighted by atomic mass is 19.1. The maximum atomic E-state index is 13.4. The molecule has 2 atom stereocenters. The summed E-state index contributed by atoms with van der Waals surface area (Å²) in [6.07, 6.45) is -0.114. The Morgan fingerprint density at radius 2 is 2.27 bits per heavy atom. The average molecular weight is 307 g/mol. The average Bonchev–Trinajstić information content (AvgIpc) is 3.05. The van der Waals surface area contributed by atoms with Crippen LogP contribution in [0, 0.1) is 5.82 Å². The van der Waals surface area contributed by atoms with Crippen LogP contribution in [0.5, 0.6) is 0 Å². The second kappa shape index (κ2) is 6.02. The number of imide groups is 1. The molecule has 1 aromatic rings. The highest BCUT2D eigenvalue weighted by Gasteiger charge is 2.35. The van der Waals surface area contributed by atoms with Crippen molar-refractivity contribution >= 4 is 11.9 Å². The Morgan fingerprint density at radius 3 is 2.95 bits per heavy atom. The Bertz CT molecular complexity index is 595. The summed E-state index contributed by atoms with van der Waals surface area (Å²) in [7, 11) is 0. The molecule has 0 saturated carbocycles. The summed E-state index contributed by atoms with van der Waals surface area (Å²) < 4.78 is 13.4. The zero-order valence-corrected chi connectivity index (χ0v) is 12.0. The molecule has 0 bridgehead atoms. The second-order valence-corrected chi connectivity index (χ2v) is 5.67. The lowest BCUT2D eigenvalue weighted by Crippen LogP contribution is -2.42. The lowest BCUT2D eigenvalue weighted by Gasteiger charge is -2.25. The van der Waals surface area contributed by atoms with Crippen LogP contribution >= 0.6 is 0 Å². The third-order valence-corrected chi connectivity index (χ3v) is 4.11. The molecule has 0 spiro atoms. The fourth-order valence-electron chi connectivity index (χ4n) is 3.08. The summed E-state index contributed by atoms with van der Waals surface area (Å²) in [4.78, 5) is 26.7. The van der Waals surface area contributed by atoms with Crippen molar-refractivity contribution in [2.75, 3.05) is 26.2 Å². The fourth-order valence-corrected chi connectivity index (χ4v) is 3.08. The van der Waals surface area contributed by atoms with E-state index in [0.717, 1.165) is 5.56 Å². The van der Waals surface area contributed by atoms with Crippen LogP contribution in [0.2, 0.25) is 0 Å². The van der Waals surface area contributed by atoms with E-state index in [9.17, 15) is 19.1 Å². The van der Waals surface area contributed by atoms with E-state index >= 15 is 0 Å². The minimum absolute atomic E-state index is 0.0334. The number of carbonyl (C=O) groups excluding carboxylic acids is 2. The van der Waals surface area contributed by atoms with Crippen LogP contribution in [0.1, 0.15) is 18.0 Å². The van der Waals surface area contributed by atoms with Crippen molar-refractivity contribution in [2.24, 2.45) is 0 Å². The van der Waals surface area contributed by atoms with Crippen LogP contribution < -0.4 is 5.32 Å². The minimum atomic E-state index is -0.562. The van der Waals surface area contributed by atoms with Crippen molar-refractivity contribution < 1.29 is 19.1 Å². The highest BCUT2D eigenvalue weighted by molar-refractivity contribution is 5.96. The Labute approximate surface area is 127 Å². The summed E-state index contributed by atoms with van der Waals surface area (Å²) in [5.41, 5.74) is 0.732. The topological polar surface area (TPSA) is 72.9 Å². The fraction of sp³-hybridized carbons (Fsp3) is 0.467. The standard InChI is InChI=1S/C15H18FN3O3/c16-11-3-1-2-10(6-11)13-7-12(20)8-18(13)9-14(21)19-5-4-17-15(19)22/h1-3,6,12-13,20H,4-5,7-9H2,(H,17,22)/t12-,13-/m0/s1. The van der Waals surface area contributed by atoms with E-state index in [1.54, 1.807) is 17.0 Å². The molecule has 0 aromatic heterocycles. The Balaban J connectivity index is 1.73. The van der Waals surface area contributed by atoms with Crippen LogP contribution in [-0.2, 0) is 4.79 Å². The zero-order valence-electron chi connectivity index (χ0n) is 12.0. The number of rotatable bonds is 3. The molecule has 0 aliphatic carbocycles. The molecule has 2 aliphatic heterocycles. The summed E-state index contributed by atoms with van der Waals surface area (Å²) in [5.74, 6) is -0.644. The van der Waals surface area contributed by atoms with Crippen molar-refractivity contribution in [2.45, 2.75) is 18.6 Å². The molecule has 7 heteroatoms. The molecule has 2 saturated heterocycles. The number of carbonyl (C=O) groups is 2. The van der Waals surface area contributed by atoms with Crippen LogP contribution in [-0.4, -0.2) is 59.1 Å². The van der Waals surface area contributed by atoms with Gasteiger partial charge in [0.1, 0.15) is 5.82 Å². The van der Waals surface area contributed by atoms with Gasteiger partial charge in [0.25, 0.3) is 0 Å². The van der Waals surface area contributed by atoms with Gasteiger partial charge in [-0.2, -0.15) is 0 Å². The Hall–Kier alpha value is -1.99. The first-order valence-electron chi connectivity index (χ1n) is 7.30. The maximum Gasteiger partial charge on any atom is 0.324 e. The van der Waals surface area contributed by atoms with Gasteiger partial charge < -0.3 is 10.4 Å². The summed E-state index contributed by atoms with van der Waals surface area (Å²) in [6, 6.07) is 5.57. The third-order valence-electron chi connectivity index (χ3n) is 4.11. The normalized spacial score (nSPS) is 25.5. The number of benzene rings is 1. The Morgan fingerprint density at radius 1 is 1.45 bits per heavy atom. The molecule has 3 rings (SSSR count). The highest BCUT2D eigenvalue weighted by Crippen LogP contribution is 2.32. The molecule has 3 amide bonds. The summed E-state index contributed by atoms with van der Waals surface area (Å²) in [6.45, 7) is 1.19. The molecule has 0 radical (unpaired) electrons. The van der Waals surface area contributed by atoms with Crippen LogP contribution in [0.15, 0.2) is 24.3 Å². The number of nitrogens with one attached hydrogen (secondary N) is 1. The molecule has 6 nitrogen and oxygen atoms in total. The molecule has 118 valence electrons. The molecular weight excluding hydrogens is 289 g/mol. The molecule has 0 unspecified atom stereocenters. The van der Waals surface area contributed by atoms with Gasteiger partial charge in [-0.15, -0.1) is 0 Å². The number of hydrogen-bond acceptors (Lipinski definition) is 4. The van der Waals surface area contributed by atoms with E-state index in [4.69, 9.17) is 0 Å². The van der Waals surface area contributed by atoms with Crippen molar-refractivity contribution in [3.8, 4) is 0 Å². The van der Waals surface area contributed by atoms with E-state index in [-0.39, 0.29) is 30.3 Å². The maximum absolute atomic E-state index is 13.4. The Kier molecular flexibility index (Phi) is 4.08. The number of β-amino-alcohol motifs (C(OH)–C–C–N with tert-alkyl or cyclic N) is 1. The molecule has 2 heterocycles. The number of likely N-dealkylation sites (tertiary alicyclic amines) is 1. The number of hydrogen-bond donors (Lipinski definition) is 2.